The lowest BCUT2D eigenvalue weighted by Gasteiger charge is -2.21. The summed E-state index contributed by atoms with van der Waals surface area (Å²) in [5.41, 5.74) is 0. The highest BCUT2D eigenvalue weighted by atomic mass is 16.2. The summed E-state index contributed by atoms with van der Waals surface area (Å²) >= 11 is 0. The van der Waals surface area contributed by atoms with Gasteiger partial charge in [0.1, 0.15) is 0 Å². The number of likely N-dealkylation sites (tertiary alicyclic amines) is 1. The monoisotopic (exact) mass is 307 g/mol. The van der Waals surface area contributed by atoms with E-state index in [1.54, 1.807) is 12.5 Å². The van der Waals surface area contributed by atoms with Gasteiger partial charge >= 0.3 is 6.03 Å². The summed E-state index contributed by atoms with van der Waals surface area (Å²) in [6.07, 6.45) is 9.08. The number of amides is 3. The molecule has 0 saturated carbocycles. The Morgan fingerprint density at radius 1 is 1.41 bits per heavy atom. The maximum atomic E-state index is 11.8. The van der Waals surface area contributed by atoms with Crippen LogP contribution >= 0.6 is 0 Å². The smallest absolute Gasteiger partial charge is 0.315 e. The molecule has 1 aliphatic heterocycles. The molecule has 0 radical (unpaired) electrons. The van der Waals surface area contributed by atoms with Crippen molar-refractivity contribution in [2.75, 3.05) is 19.6 Å². The number of carbonyl (C=O) groups is 2. The third-order valence-corrected chi connectivity index (χ3v) is 3.76. The first-order valence-corrected chi connectivity index (χ1v) is 7.93. The Bertz CT molecular complexity index is 474. The van der Waals surface area contributed by atoms with Crippen molar-refractivity contribution in [3.05, 3.63) is 18.7 Å². The third-order valence-electron chi connectivity index (χ3n) is 3.76. The van der Waals surface area contributed by atoms with E-state index < -0.39 is 0 Å². The predicted molar refractivity (Wildman–Crippen MR) is 83.3 cm³/mol. The molecule has 0 aromatic carbocycles. The lowest BCUT2D eigenvalue weighted by atomic mass is 10.2. The van der Waals surface area contributed by atoms with E-state index in [0.29, 0.717) is 26.1 Å². The number of nitrogens with zero attached hydrogens (tertiary/aromatic N) is 3. The van der Waals surface area contributed by atoms with Crippen LogP contribution in [0, 0.1) is 0 Å². The van der Waals surface area contributed by atoms with Gasteiger partial charge in [-0.2, -0.15) is 0 Å². The highest BCUT2D eigenvalue weighted by Crippen LogP contribution is 2.10. The van der Waals surface area contributed by atoms with Gasteiger partial charge in [0.05, 0.1) is 6.33 Å². The van der Waals surface area contributed by atoms with Gasteiger partial charge in [0, 0.05) is 51.0 Å². The second-order valence-electron chi connectivity index (χ2n) is 5.75. The molecule has 1 aliphatic rings. The number of aromatic nitrogens is 2. The van der Waals surface area contributed by atoms with Gasteiger partial charge < -0.3 is 20.1 Å². The van der Waals surface area contributed by atoms with E-state index in [4.69, 9.17) is 0 Å². The Morgan fingerprint density at radius 2 is 2.27 bits per heavy atom. The van der Waals surface area contributed by atoms with Crippen LogP contribution in [0.2, 0.25) is 0 Å². The van der Waals surface area contributed by atoms with Gasteiger partial charge in [0.2, 0.25) is 5.91 Å². The molecule has 7 heteroatoms. The van der Waals surface area contributed by atoms with Gasteiger partial charge in [-0.05, 0) is 19.8 Å². The van der Waals surface area contributed by atoms with Crippen molar-refractivity contribution in [1.29, 1.82) is 0 Å². The molecule has 22 heavy (non-hydrogen) atoms. The molecule has 2 N–H and O–H groups in total. The molecule has 1 saturated heterocycles. The van der Waals surface area contributed by atoms with E-state index >= 15 is 0 Å². The summed E-state index contributed by atoms with van der Waals surface area (Å²) in [6.45, 7) is 4.49. The van der Waals surface area contributed by atoms with Crippen molar-refractivity contribution in [1.82, 2.24) is 25.1 Å². The second kappa shape index (κ2) is 8.41. The van der Waals surface area contributed by atoms with Crippen molar-refractivity contribution in [3.8, 4) is 0 Å². The summed E-state index contributed by atoms with van der Waals surface area (Å²) < 4.78 is 1.92. The normalized spacial score (nSPS) is 17.0. The fourth-order valence-corrected chi connectivity index (χ4v) is 2.61. The minimum atomic E-state index is -0.199. The van der Waals surface area contributed by atoms with Crippen LogP contribution < -0.4 is 10.6 Å². The summed E-state index contributed by atoms with van der Waals surface area (Å²) in [5, 5.41) is 5.69. The Labute approximate surface area is 131 Å². The van der Waals surface area contributed by atoms with Crippen LogP contribution in [0.3, 0.4) is 0 Å². The topological polar surface area (TPSA) is 79.3 Å². The Balaban J connectivity index is 1.63. The number of nitrogens with one attached hydrogen (secondary N) is 2. The van der Waals surface area contributed by atoms with Crippen LogP contribution in [0.5, 0.6) is 0 Å². The highest BCUT2D eigenvalue weighted by molar-refractivity contribution is 5.76. The lowest BCUT2D eigenvalue weighted by Crippen LogP contribution is -2.45. The number of hydrogen-bond acceptors (Lipinski definition) is 3. The molecule has 7 nitrogen and oxygen atoms in total. The standard InChI is InChI=1S/C15H25N5O2/c1-13(11-19-9-6-16-12-19)18-15(22)17-7-10-20-8-4-2-3-5-14(20)21/h6,9,12-13H,2-5,7-8,10-11H2,1H3,(H2,17,18,22)/t13-/m1/s1. The van der Waals surface area contributed by atoms with E-state index in [0.717, 1.165) is 25.8 Å². The van der Waals surface area contributed by atoms with E-state index in [1.165, 1.54) is 0 Å². The van der Waals surface area contributed by atoms with Gasteiger partial charge in [-0.1, -0.05) is 6.42 Å². The molecule has 0 bridgehead atoms. The summed E-state index contributed by atoms with van der Waals surface area (Å²) in [5.74, 6) is 0.202. The Hall–Kier alpha value is -2.05. The molecular formula is C15H25N5O2. The average Bonchev–Trinajstić information content (AvgIpc) is 2.89. The number of carbonyl (C=O) groups excluding carboxylic acids is 2. The third kappa shape index (κ3) is 5.38. The molecule has 2 rings (SSSR count). The SMILES string of the molecule is C[C@H](Cn1ccnc1)NC(=O)NCCN1CCCCCC1=O. The first-order chi connectivity index (χ1) is 10.6. The van der Waals surface area contributed by atoms with Crippen LogP contribution in [-0.2, 0) is 11.3 Å². The molecule has 1 aromatic heterocycles. The number of rotatable bonds is 6. The van der Waals surface area contributed by atoms with E-state index in [2.05, 4.69) is 15.6 Å². The molecule has 122 valence electrons. The molecule has 0 spiro atoms. The van der Waals surface area contributed by atoms with Crippen LogP contribution in [0.1, 0.15) is 32.6 Å². The zero-order chi connectivity index (χ0) is 15.8. The summed E-state index contributed by atoms with van der Waals surface area (Å²) in [6, 6.07) is -0.191. The molecule has 1 fully saturated rings. The molecule has 0 unspecified atom stereocenters. The van der Waals surface area contributed by atoms with Crippen molar-refractivity contribution in [3.63, 3.8) is 0 Å². The van der Waals surface area contributed by atoms with Gasteiger partial charge in [-0.25, -0.2) is 9.78 Å². The van der Waals surface area contributed by atoms with Gasteiger partial charge in [0.15, 0.2) is 0 Å². The van der Waals surface area contributed by atoms with E-state index in [1.807, 2.05) is 22.6 Å². The van der Waals surface area contributed by atoms with Crippen molar-refractivity contribution >= 4 is 11.9 Å². The maximum absolute atomic E-state index is 11.8. The summed E-state index contributed by atoms with van der Waals surface area (Å²) in [4.78, 5) is 29.5. The zero-order valence-corrected chi connectivity index (χ0v) is 13.1. The molecular weight excluding hydrogens is 282 g/mol. The Morgan fingerprint density at radius 3 is 3.05 bits per heavy atom. The fraction of sp³-hybridized carbons (Fsp3) is 0.667. The van der Waals surface area contributed by atoms with Crippen molar-refractivity contribution in [2.24, 2.45) is 0 Å². The molecule has 2 heterocycles. The number of hydrogen-bond donors (Lipinski definition) is 2. The second-order valence-corrected chi connectivity index (χ2v) is 5.75. The first-order valence-electron chi connectivity index (χ1n) is 7.93. The largest absolute Gasteiger partial charge is 0.341 e. The van der Waals surface area contributed by atoms with Gasteiger partial charge in [0.25, 0.3) is 0 Å². The van der Waals surface area contributed by atoms with Crippen LogP contribution in [-0.4, -0.2) is 52.1 Å². The van der Waals surface area contributed by atoms with Crippen LogP contribution in [0.4, 0.5) is 4.79 Å². The molecule has 1 aromatic rings. The number of urea groups is 1. The molecule has 1 atom stereocenters. The summed E-state index contributed by atoms with van der Waals surface area (Å²) in [7, 11) is 0. The van der Waals surface area contributed by atoms with E-state index in [9.17, 15) is 9.59 Å². The molecule has 3 amide bonds. The van der Waals surface area contributed by atoms with E-state index in [-0.39, 0.29) is 18.0 Å². The van der Waals surface area contributed by atoms with Crippen molar-refractivity contribution < 1.29 is 9.59 Å². The zero-order valence-electron chi connectivity index (χ0n) is 13.1. The predicted octanol–water partition coefficient (Wildman–Crippen LogP) is 0.973. The quantitative estimate of drug-likeness (QED) is 0.822. The highest BCUT2D eigenvalue weighted by Gasteiger charge is 2.16. The van der Waals surface area contributed by atoms with Crippen LogP contribution in [0.25, 0.3) is 0 Å². The maximum Gasteiger partial charge on any atom is 0.315 e. The van der Waals surface area contributed by atoms with Gasteiger partial charge in [-0.3, -0.25) is 4.79 Å². The number of imidazole rings is 1. The minimum absolute atomic E-state index is 0.00835. The Kier molecular flexibility index (Phi) is 6.24. The fourth-order valence-electron chi connectivity index (χ4n) is 2.61. The van der Waals surface area contributed by atoms with Gasteiger partial charge in [-0.15, -0.1) is 0 Å². The van der Waals surface area contributed by atoms with Crippen molar-refractivity contribution in [2.45, 2.75) is 45.2 Å². The molecule has 0 aliphatic carbocycles. The lowest BCUT2D eigenvalue weighted by molar-refractivity contribution is -0.130. The minimum Gasteiger partial charge on any atom is -0.341 e. The average molecular weight is 307 g/mol. The first kappa shape index (κ1) is 16.3. The van der Waals surface area contributed by atoms with Crippen LogP contribution in [0.15, 0.2) is 18.7 Å².